The maximum Gasteiger partial charge on any atom is 0.416 e. The molecule has 3 aromatic rings. The van der Waals surface area contributed by atoms with E-state index in [1.807, 2.05) is 48.5 Å². The number of anilines is 1. The first-order valence-electron chi connectivity index (χ1n) is 10.8. The summed E-state index contributed by atoms with van der Waals surface area (Å²) in [4.78, 5) is 37.2. The smallest absolute Gasteiger partial charge is 0.416 e. The third-order valence-electron chi connectivity index (χ3n) is 6.09. The summed E-state index contributed by atoms with van der Waals surface area (Å²) in [5.41, 5.74) is 3.72. The lowest BCUT2D eigenvalue weighted by Crippen LogP contribution is -2.46. The van der Waals surface area contributed by atoms with Gasteiger partial charge in [0.2, 0.25) is 5.82 Å². The molecular weight excluding hydrogens is 440 g/mol. The molecule has 10 heteroatoms. The highest BCUT2D eigenvalue weighted by Crippen LogP contribution is 2.44. The highest BCUT2D eigenvalue weighted by atomic mass is 16.6. The fourth-order valence-corrected chi connectivity index (χ4v) is 4.61. The molecule has 0 spiro atoms. The maximum absolute atomic E-state index is 13.3. The van der Waals surface area contributed by atoms with Gasteiger partial charge in [-0.3, -0.25) is 10.1 Å². The van der Waals surface area contributed by atoms with Crippen LogP contribution in [-0.4, -0.2) is 44.5 Å². The predicted molar refractivity (Wildman–Crippen MR) is 124 cm³/mol. The lowest BCUT2D eigenvalue weighted by molar-refractivity contribution is -0.384. The standard InChI is InChI=1S/C24H24N4O6/c1-4-20(23(29)30)27(22-21(28(32)33)14(2)25-26(22)3)24(31)34-13-19-17-11-7-5-9-15(17)16-10-6-8-12-18(16)19/h5-12,19-20H,4,13H2,1-3H3,(H,29,30). The van der Waals surface area contributed by atoms with Gasteiger partial charge in [0, 0.05) is 13.0 Å². The first-order chi connectivity index (χ1) is 16.3. The first kappa shape index (κ1) is 23.0. The monoisotopic (exact) mass is 464 g/mol. The molecule has 34 heavy (non-hydrogen) atoms. The fourth-order valence-electron chi connectivity index (χ4n) is 4.61. The van der Waals surface area contributed by atoms with Crippen LogP contribution in [0.2, 0.25) is 0 Å². The molecule has 0 aliphatic heterocycles. The fraction of sp³-hybridized carbons (Fsp3) is 0.292. The van der Waals surface area contributed by atoms with Crippen molar-refractivity contribution < 1.29 is 24.4 Å². The topological polar surface area (TPSA) is 128 Å². The van der Waals surface area contributed by atoms with Crippen molar-refractivity contribution in [1.29, 1.82) is 0 Å². The molecule has 0 saturated carbocycles. The predicted octanol–water partition coefficient (Wildman–Crippen LogP) is 4.26. The van der Waals surface area contributed by atoms with Gasteiger partial charge in [0.25, 0.3) is 0 Å². The number of carboxylic acid groups (broad SMARTS) is 1. The molecule has 4 rings (SSSR count). The molecule has 1 unspecified atom stereocenters. The SMILES string of the molecule is CCC(C(=O)O)N(C(=O)OCC1c2ccccc2-c2ccccc21)c1c([N+](=O)[O-])c(C)nn1C. The summed E-state index contributed by atoms with van der Waals surface area (Å²) < 4.78 is 6.79. The van der Waals surface area contributed by atoms with Crippen molar-refractivity contribution in [1.82, 2.24) is 9.78 Å². The van der Waals surface area contributed by atoms with Crippen molar-refractivity contribution in [2.45, 2.75) is 32.2 Å². The average Bonchev–Trinajstić information content (AvgIpc) is 3.28. The van der Waals surface area contributed by atoms with E-state index in [1.54, 1.807) is 6.92 Å². The largest absolute Gasteiger partial charge is 0.480 e. The van der Waals surface area contributed by atoms with Crippen molar-refractivity contribution in [2.24, 2.45) is 7.05 Å². The van der Waals surface area contributed by atoms with Crippen molar-refractivity contribution in [3.05, 3.63) is 75.5 Å². The van der Waals surface area contributed by atoms with Crippen LogP contribution in [0.4, 0.5) is 16.3 Å². The van der Waals surface area contributed by atoms with E-state index in [9.17, 15) is 24.8 Å². The summed E-state index contributed by atoms with van der Waals surface area (Å²) in [6.07, 6.45) is -0.969. The molecule has 1 aliphatic carbocycles. The minimum absolute atomic E-state index is 0.0148. The van der Waals surface area contributed by atoms with Gasteiger partial charge in [0.05, 0.1) is 4.92 Å². The zero-order valence-electron chi connectivity index (χ0n) is 19.0. The molecule has 176 valence electrons. The highest BCUT2D eigenvalue weighted by Gasteiger charge is 2.40. The molecule has 1 aromatic heterocycles. The van der Waals surface area contributed by atoms with E-state index in [0.29, 0.717) is 0 Å². The molecule has 1 atom stereocenters. The van der Waals surface area contributed by atoms with Crippen molar-refractivity contribution in [3.8, 4) is 11.1 Å². The number of aromatic nitrogens is 2. The van der Waals surface area contributed by atoms with E-state index >= 15 is 0 Å². The normalized spacial score (nSPS) is 13.1. The van der Waals surface area contributed by atoms with Crippen LogP contribution in [-0.2, 0) is 16.6 Å². The van der Waals surface area contributed by atoms with Crippen molar-refractivity contribution >= 4 is 23.6 Å². The van der Waals surface area contributed by atoms with Gasteiger partial charge >= 0.3 is 17.7 Å². The number of aliphatic carboxylic acids is 1. The Labute approximate surface area is 195 Å². The van der Waals surface area contributed by atoms with Gasteiger partial charge in [-0.05, 0) is 35.6 Å². The average molecular weight is 464 g/mol. The van der Waals surface area contributed by atoms with Gasteiger partial charge in [-0.25, -0.2) is 19.2 Å². The number of carboxylic acids is 1. The Morgan fingerprint density at radius 1 is 1.18 bits per heavy atom. The maximum atomic E-state index is 13.3. The molecule has 1 N–H and O–H groups in total. The van der Waals surface area contributed by atoms with Gasteiger partial charge in [-0.15, -0.1) is 0 Å². The van der Waals surface area contributed by atoms with E-state index in [1.165, 1.54) is 14.0 Å². The zero-order chi connectivity index (χ0) is 24.6. The minimum atomic E-state index is -1.37. The molecule has 1 aliphatic rings. The third kappa shape index (κ3) is 3.76. The lowest BCUT2D eigenvalue weighted by Gasteiger charge is -2.27. The summed E-state index contributed by atoms with van der Waals surface area (Å²) in [6.45, 7) is 2.96. The molecular formula is C24H24N4O6. The molecule has 0 fully saturated rings. The second kappa shape index (κ2) is 8.97. The van der Waals surface area contributed by atoms with Gasteiger partial charge in [0.1, 0.15) is 18.3 Å². The minimum Gasteiger partial charge on any atom is -0.480 e. The summed E-state index contributed by atoms with van der Waals surface area (Å²) in [7, 11) is 1.42. The van der Waals surface area contributed by atoms with Gasteiger partial charge in [-0.1, -0.05) is 55.5 Å². The van der Waals surface area contributed by atoms with E-state index < -0.39 is 28.7 Å². The zero-order valence-corrected chi connectivity index (χ0v) is 19.0. The Bertz CT molecular complexity index is 1240. The number of ether oxygens (including phenoxy) is 1. The molecule has 1 heterocycles. The van der Waals surface area contributed by atoms with E-state index in [0.717, 1.165) is 31.8 Å². The molecule has 0 bridgehead atoms. The number of carbonyl (C=O) groups excluding carboxylic acids is 1. The van der Waals surface area contributed by atoms with Gasteiger partial charge in [-0.2, -0.15) is 5.10 Å². The van der Waals surface area contributed by atoms with E-state index in [-0.39, 0.29) is 30.5 Å². The van der Waals surface area contributed by atoms with Crippen LogP contribution in [0.5, 0.6) is 0 Å². The van der Waals surface area contributed by atoms with Crippen molar-refractivity contribution in [3.63, 3.8) is 0 Å². The number of carbonyl (C=O) groups is 2. The quantitative estimate of drug-likeness (QED) is 0.409. The van der Waals surface area contributed by atoms with Gasteiger partial charge < -0.3 is 9.84 Å². The number of fused-ring (bicyclic) bond motifs is 3. The van der Waals surface area contributed by atoms with Crippen LogP contribution in [0.15, 0.2) is 48.5 Å². The highest BCUT2D eigenvalue weighted by molar-refractivity contribution is 5.96. The number of amides is 1. The number of hydrogen-bond donors (Lipinski definition) is 1. The van der Waals surface area contributed by atoms with Crippen LogP contribution in [0.1, 0.15) is 36.1 Å². The van der Waals surface area contributed by atoms with E-state index in [2.05, 4.69) is 5.10 Å². The van der Waals surface area contributed by atoms with Crippen LogP contribution in [0, 0.1) is 17.0 Å². The molecule has 10 nitrogen and oxygen atoms in total. The Hall–Kier alpha value is -4.21. The third-order valence-corrected chi connectivity index (χ3v) is 6.09. The number of nitro groups is 1. The number of aryl methyl sites for hydroxylation is 2. The number of benzene rings is 2. The van der Waals surface area contributed by atoms with Crippen molar-refractivity contribution in [2.75, 3.05) is 11.5 Å². The first-order valence-corrected chi connectivity index (χ1v) is 10.8. The summed E-state index contributed by atoms with van der Waals surface area (Å²) in [6, 6.07) is 14.3. The number of rotatable bonds is 7. The number of nitrogens with zero attached hydrogens (tertiary/aromatic N) is 4. The van der Waals surface area contributed by atoms with Crippen LogP contribution < -0.4 is 4.90 Å². The van der Waals surface area contributed by atoms with Crippen LogP contribution in [0.3, 0.4) is 0 Å². The summed E-state index contributed by atoms with van der Waals surface area (Å²) in [5.74, 6) is -1.77. The number of hydrogen-bond acceptors (Lipinski definition) is 6. The lowest BCUT2D eigenvalue weighted by atomic mass is 9.98. The second-order valence-corrected chi connectivity index (χ2v) is 8.07. The molecule has 1 amide bonds. The van der Waals surface area contributed by atoms with E-state index in [4.69, 9.17) is 4.74 Å². The Balaban J connectivity index is 1.70. The second-order valence-electron chi connectivity index (χ2n) is 8.07. The molecule has 2 aromatic carbocycles. The van der Waals surface area contributed by atoms with Gasteiger partial charge in [0.15, 0.2) is 0 Å². The molecule has 0 saturated heterocycles. The Morgan fingerprint density at radius 2 is 1.74 bits per heavy atom. The van der Waals surface area contributed by atoms with Crippen LogP contribution in [0.25, 0.3) is 11.1 Å². The molecule has 0 radical (unpaired) electrons. The summed E-state index contributed by atoms with van der Waals surface area (Å²) >= 11 is 0. The summed E-state index contributed by atoms with van der Waals surface area (Å²) in [5, 5.41) is 25.5. The Morgan fingerprint density at radius 3 is 2.24 bits per heavy atom. The Kier molecular flexibility index (Phi) is 6.06. The van der Waals surface area contributed by atoms with Crippen LogP contribution >= 0.6 is 0 Å².